The minimum Gasteiger partial charge on any atom is -0.504 e. The van der Waals surface area contributed by atoms with Gasteiger partial charge in [0, 0.05) is 5.56 Å². The lowest BCUT2D eigenvalue weighted by Gasteiger charge is -2.01. The number of hydrogen-bond donors (Lipinski definition) is 3. The first-order valence-corrected chi connectivity index (χ1v) is 5.12. The molecule has 0 spiro atoms. The van der Waals surface area contributed by atoms with Gasteiger partial charge >= 0.3 is 0 Å². The van der Waals surface area contributed by atoms with Crippen LogP contribution in [0.3, 0.4) is 0 Å². The fourth-order valence-corrected chi connectivity index (χ4v) is 1.34. The summed E-state index contributed by atoms with van der Waals surface area (Å²) in [6.07, 6.45) is 1.45. The second-order valence-corrected chi connectivity index (χ2v) is 3.45. The number of nitrogens with one attached hydrogen (secondary N) is 1. The maximum atomic E-state index is 9.53. The molecule has 0 amide bonds. The Bertz CT molecular complexity index is 524. The fraction of sp³-hybridized carbons (Fsp3) is 0. The van der Waals surface area contributed by atoms with Gasteiger partial charge in [-0.15, -0.1) is 0 Å². The van der Waals surface area contributed by atoms with E-state index >= 15 is 0 Å². The molecule has 2 aromatic carbocycles. The van der Waals surface area contributed by atoms with Gasteiger partial charge in [0.05, 0.1) is 11.9 Å². The molecule has 0 aliphatic heterocycles. The Morgan fingerprint density at radius 1 is 0.941 bits per heavy atom. The number of hydrazone groups is 1. The molecule has 17 heavy (non-hydrogen) atoms. The highest BCUT2D eigenvalue weighted by Gasteiger charge is 2.02. The molecule has 2 rings (SSSR count). The summed E-state index contributed by atoms with van der Waals surface area (Å²) in [4.78, 5) is 0. The first-order valence-electron chi connectivity index (χ1n) is 5.12. The number of rotatable bonds is 3. The van der Waals surface area contributed by atoms with Crippen LogP contribution in [0.4, 0.5) is 5.69 Å². The van der Waals surface area contributed by atoms with Crippen LogP contribution >= 0.6 is 0 Å². The molecule has 0 heterocycles. The van der Waals surface area contributed by atoms with Gasteiger partial charge in [-0.1, -0.05) is 24.3 Å². The van der Waals surface area contributed by atoms with Crippen LogP contribution in [0.5, 0.6) is 11.5 Å². The van der Waals surface area contributed by atoms with Crippen molar-refractivity contribution in [2.75, 3.05) is 5.43 Å². The predicted octanol–water partition coefficient (Wildman–Crippen LogP) is 2.54. The minimum absolute atomic E-state index is 0.159. The molecular formula is C13H12N2O2. The highest BCUT2D eigenvalue weighted by molar-refractivity contribution is 5.85. The Labute approximate surface area is 98.9 Å². The highest BCUT2D eigenvalue weighted by atomic mass is 16.3. The second-order valence-electron chi connectivity index (χ2n) is 3.45. The van der Waals surface area contributed by atoms with Crippen molar-refractivity contribution in [3.05, 3.63) is 54.1 Å². The van der Waals surface area contributed by atoms with Gasteiger partial charge < -0.3 is 10.2 Å². The van der Waals surface area contributed by atoms with Gasteiger partial charge in [0.25, 0.3) is 0 Å². The number of aromatic hydroxyl groups is 2. The summed E-state index contributed by atoms with van der Waals surface area (Å²) in [6.45, 7) is 0. The molecular weight excluding hydrogens is 216 g/mol. The zero-order valence-corrected chi connectivity index (χ0v) is 9.04. The fourth-order valence-electron chi connectivity index (χ4n) is 1.34. The summed E-state index contributed by atoms with van der Waals surface area (Å²) in [6, 6.07) is 14.2. The lowest BCUT2D eigenvalue weighted by molar-refractivity contribution is 0.403. The van der Waals surface area contributed by atoms with Crippen LogP contribution in [0.2, 0.25) is 0 Å². The molecule has 0 aliphatic rings. The van der Waals surface area contributed by atoms with Gasteiger partial charge in [-0.05, 0) is 24.3 Å². The number of nitrogens with zero attached hydrogens (tertiary/aromatic N) is 1. The third-order valence-corrected chi connectivity index (χ3v) is 2.22. The van der Waals surface area contributed by atoms with E-state index in [-0.39, 0.29) is 11.5 Å². The van der Waals surface area contributed by atoms with Crippen LogP contribution in [0.15, 0.2) is 53.6 Å². The molecule has 0 aromatic heterocycles. The lowest BCUT2D eigenvalue weighted by atomic mass is 10.2. The molecule has 86 valence electrons. The number of phenols is 2. The minimum atomic E-state index is -0.175. The summed E-state index contributed by atoms with van der Waals surface area (Å²) in [7, 11) is 0. The Morgan fingerprint density at radius 3 is 2.47 bits per heavy atom. The van der Waals surface area contributed by atoms with E-state index in [0.717, 1.165) is 5.69 Å². The van der Waals surface area contributed by atoms with Crippen LogP contribution in [0, 0.1) is 0 Å². The molecule has 0 fully saturated rings. The lowest BCUT2D eigenvalue weighted by Crippen LogP contribution is -1.90. The maximum Gasteiger partial charge on any atom is 0.166 e. The quantitative estimate of drug-likeness (QED) is 0.429. The Hall–Kier alpha value is -2.49. The van der Waals surface area contributed by atoms with Crippen LogP contribution < -0.4 is 5.43 Å². The zero-order valence-electron chi connectivity index (χ0n) is 9.04. The van der Waals surface area contributed by atoms with Crippen molar-refractivity contribution in [1.29, 1.82) is 0 Å². The summed E-state index contributed by atoms with van der Waals surface area (Å²) in [5.74, 6) is -0.334. The van der Waals surface area contributed by atoms with Gasteiger partial charge in [-0.3, -0.25) is 5.43 Å². The van der Waals surface area contributed by atoms with E-state index in [4.69, 9.17) is 0 Å². The van der Waals surface area contributed by atoms with E-state index in [2.05, 4.69) is 10.5 Å². The van der Waals surface area contributed by atoms with Crippen molar-refractivity contribution in [2.24, 2.45) is 5.10 Å². The number of hydrogen-bond acceptors (Lipinski definition) is 4. The molecule has 0 bridgehead atoms. The third-order valence-electron chi connectivity index (χ3n) is 2.22. The van der Waals surface area contributed by atoms with E-state index in [1.807, 2.05) is 30.3 Å². The van der Waals surface area contributed by atoms with Crippen molar-refractivity contribution >= 4 is 11.9 Å². The van der Waals surface area contributed by atoms with Crippen LogP contribution in [0.25, 0.3) is 0 Å². The van der Waals surface area contributed by atoms with Crippen molar-refractivity contribution in [1.82, 2.24) is 0 Å². The summed E-state index contributed by atoms with van der Waals surface area (Å²) >= 11 is 0. The van der Waals surface area contributed by atoms with Crippen LogP contribution in [-0.2, 0) is 0 Å². The Kier molecular flexibility index (Phi) is 3.25. The molecule has 0 atom stereocenters. The topological polar surface area (TPSA) is 64.9 Å². The average molecular weight is 228 g/mol. The standard InChI is InChI=1S/C13H12N2O2/c16-12-8-4-5-10(13(12)17)9-14-15-11-6-2-1-3-7-11/h1-9,15-17H/b14-9+. The van der Waals surface area contributed by atoms with Gasteiger partial charge in [-0.25, -0.2) is 0 Å². The van der Waals surface area contributed by atoms with Gasteiger partial charge in [0.15, 0.2) is 11.5 Å². The van der Waals surface area contributed by atoms with Crippen molar-refractivity contribution in [2.45, 2.75) is 0 Å². The predicted molar refractivity (Wildman–Crippen MR) is 67.4 cm³/mol. The van der Waals surface area contributed by atoms with E-state index in [0.29, 0.717) is 5.56 Å². The van der Waals surface area contributed by atoms with Crippen molar-refractivity contribution in [3.63, 3.8) is 0 Å². The molecule has 4 nitrogen and oxygen atoms in total. The molecule has 0 unspecified atom stereocenters. The van der Waals surface area contributed by atoms with E-state index in [9.17, 15) is 10.2 Å². The van der Waals surface area contributed by atoms with Gasteiger partial charge in [-0.2, -0.15) is 5.10 Å². The SMILES string of the molecule is Oc1cccc(/C=N/Nc2ccccc2)c1O. The molecule has 3 N–H and O–H groups in total. The number of para-hydroxylation sites is 2. The molecule has 0 saturated carbocycles. The largest absolute Gasteiger partial charge is 0.504 e. The normalized spacial score (nSPS) is 10.6. The van der Waals surface area contributed by atoms with Gasteiger partial charge in [0.1, 0.15) is 0 Å². The monoisotopic (exact) mass is 228 g/mol. The Morgan fingerprint density at radius 2 is 1.71 bits per heavy atom. The number of benzene rings is 2. The molecule has 4 heteroatoms. The van der Waals surface area contributed by atoms with Crippen molar-refractivity contribution < 1.29 is 10.2 Å². The van der Waals surface area contributed by atoms with E-state index < -0.39 is 0 Å². The van der Waals surface area contributed by atoms with Crippen molar-refractivity contribution in [3.8, 4) is 11.5 Å². The van der Waals surface area contributed by atoms with Crippen LogP contribution in [0.1, 0.15) is 5.56 Å². The summed E-state index contributed by atoms with van der Waals surface area (Å²) in [5.41, 5.74) is 4.12. The molecule has 0 aliphatic carbocycles. The number of anilines is 1. The first-order chi connectivity index (χ1) is 8.27. The Balaban J connectivity index is 2.09. The smallest absolute Gasteiger partial charge is 0.166 e. The average Bonchev–Trinajstić information content (AvgIpc) is 2.36. The summed E-state index contributed by atoms with van der Waals surface area (Å²) < 4.78 is 0. The van der Waals surface area contributed by atoms with E-state index in [1.165, 1.54) is 12.3 Å². The van der Waals surface area contributed by atoms with Crippen LogP contribution in [-0.4, -0.2) is 16.4 Å². The molecule has 0 radical (unpaired) electrons. The van der Waals surface area contributed by atoms with Gasteiger partial charge in [0.2, 0.25) is 0 Å². The van der Waals surface area contributed by atoms with E-state index in [1.54, 1.807) is 12.1 Å². The number of phenolic OH excluding ortho intramolecular Hbond substituents is 2. The molecule has 2 aromatic rings. The summed E-state index contributed by atoms with van der Waals surface area (Å²) in [5, 5.41) is 22.8. The highest BCUT2D eigenvalue weighted by Crippen LogP contribution is 2.26. The third kappa shape index (κ3) is 2.75. The first kappa shape index (κ1) is 11.0. The molecule has 0 saturated heterocycles. The second kappa shape index (κ2) is 5.03. The zero-order chi connectivity index (χ0) is 12.1. The maximum absolute atomic E-state index is 9.53.